The number of hydrogen-bond acceptors (Lipinski definition) is 9. The minimum absolute atomic E-state index is 0.0807. The molecule has 3 atom stereocenters. The van der Waals surface area contributed by atoms with Crippen molar-refractivity contribution in [1.29, 1.82) is 0 Å². The Kier molecular flexibility index (Phi) is 19.8. The van der Waals surface area contributed by atoms with Crippen LogP contribution in [0.5, 0.6) is 0 Å². The van der Waals surface area contributed by atoms with E-state index in [0.717, 1.165) is 61.3 Å². The van der Waals surface area contributed by atoms with E-state index in [2.05, 4.69) is 100.0 Å². The molecule has 1 aliphatic rings. The predicted octanol–water partition coefficient (Wildman–Crippen LogP) is 9.83. The molecule has 3 unspecified atom stereocenters. The van der Waals surface area contributed by atoms with Crippen molar-refractivity contribution >= 4 is 22.9 Å². The van der Waals surface area contributed by atoms with E-state index in [9.17, 15) is 9.59 Å². The minimum atomic E-state index is -0.568. The molecule has 0 radical (unpaired) electrons. The number of likely N-dealkylation sites (N-methyl/N-ethyl adjacent to an activating group) is 2. The van der Waals surface area contributed by atoms with Crippen molar-refractivity contribution in [3.8, 4) is 0 Å². The number of aliphatic hydroxyl groups excluding tert-OH is 1. The van der Waals surface area contributed by atoms with Crippen LogP contribution in [-0.2, 0) is 22.3 Å². The fourth-order valence-electron chi connectivity index (χ4n) is 7.73. The maximum atomic E-state index is 13.7. The van der Waals surface area contributed by atoms with Crippen LogP contribution >= 0.6 is 0 Å². The van der Waals surface area contributed by atoms with Crippen LogP contribution in [0.2, 0.25) is 0 Å². The van der Waals surface area contributed by atoms with E-state index >= 15 is 0 Å². The molecule has 4 aromatic carbocycles. The molecule has 0 saturated carbocycles. The summed E-state index contributed by atoms with van der Waals surface area (Å²) in [6, 6.07) is 36.0. The number of ether oxygens (including phenoxy) is 2. The summed E-state index contributed by atoms with van der Waals surface area (Å²) < 4.78 is 11.0. The Morgan fingerprint density at radius 2 is 1.16 bits per heavy atom. The Morgan fingerprint density at radius 1 is 0.721 bits per heavy atom. The van der Waals surface area contributed by atoms with Gasteiger partial charge in [-0.15, -0.1) is 0 Å². The predicted molar refractivity (Wildman–Crippen MR) is 254 cm³/mol. The number of carbonyl (C=O) groups is 2. The van der Waals surface area contributed by atoms with E-state index in [1.165, 1.54) is 5.56 Å². The van der Waals surface area contributed by atoms with Gasteiger partial charge in [0.1, 0.15) is 5.72 Å². The number of methoxy groups -OCH3 is 1. The molecule has 334 valence electrons. The fourth-order valence-corrected chi connectivity index (χ4v) is 7.73. The number of rotatable bonds is 19. The Bertz CT molecular complexity index is 1880. The van der Waals surface area contributed by atoms with Gasteiger partial charge in [0.15, 0.2) is 11.6 Å². The van der Waals surface area contributed by atoms with Crippen LogP contribution in [0.25, 0.3) is 0 Å². The van der Waals surface area contributed by atoms with E-state index in [1.54, 1.807) is 7.11 Å². The fraction of sp³-hybridized carbons (Fsp3) is 0.500. The lowest BCUT2D eigenvalue weighted by Gasteiger charge is -2.38. The molecule has 4 aromatic rings. The number of Topliss-reactive ketones (excluding diaryl/α,β-unsaturated/α-hetero) is 2. The first-order valence-corrected chi connectivity index (χ1v) is 22.1. The van der Waals surface area contributed by atoms with E-state index in [-0.39, 0.29) is 29.5 Å². The van der Waals surface area contributed by atoms with Crippen molar-refractivity contribution < 1.29 is 24.2 Å². The number of nitrogens with zero attached hydrogens (tertiary/aromatic N) is 3. The third-order valence-corrected chi connectivity index (χ3v) is 12.8. The van der Waals surface area contributed by atoms with Gasteiger partial charge in [-0.3, -0.25) is 19.4 Å². The van der Waals surface area contributed by atoms with Crippen LogP contribution in [0.15, 0.2) is 109 Å². The zero-order chi connectivity index (χ0) is 45.3. The second kappa shape index (κ2) is 23.7. The normalized spacial score (nSPS) is 17.1. The molecular formula is C52H76N4O5. The minimum Gasteiger partial charge on any atom is -0.395 e. The molecule has 9 heteroatoms. The molecule has 1 heterocycles. The van der Waals surface area contributed by atoms with Crippen LogP contribution in [-0.4, -0.2) is 110 Å². The zero-order valence-corrected chi connectivity index (χ0v) is 39.4. The Labute approximate surface area is 368 Å². The molecule has 0 aliphatic carbocycles. The number of hydrogen-bond donors (Lipinski definition) is 2. The SMILES string of the molecule is CCC(C)(C)OC.CCC(Cc1ccccc1)(C(=O)c1ccc(NCCO)cc1)N(C)C.CCC1(C)OCCN1c1ccc(C(=O)C(CC)(Cc2ccccc2)N(C)C)cc1. The van der Waals surface area contributed by atoms with Gasteiger partial charge in [0.25, 0.3) is 0 Å². The van der Waals surface area contributed by atoms with E-state index in [1.807, 2.05) is 106 Å². The van der Waals surface area contributed by atoms with Crippen molar-refractivity contribution in [3.05, 3.63) is 131 Å². The Morgan fingerprint density at radius 3 is 1.51 bits per heavy atom. The average molecular weight is 837 g/mol. The van der Waals surface area contributed by atoms with Gasteiger partial charge in [-0.05, 0) is 147 Å². The number of carbonyl (C=O) groups excluding carboxylic acids is 2. The summed E-state index contributed by atoms with van der Waals surface area (Å²) in [7, 11) is 9.70. The van der Waals surface area contributed by atoms with Gasteiger partial charge in [-0.1, -0.05) is 88.4 Å². The first kappa shape index (κ1) is 51.0. The number of nitrogens with one attached hydrogen (secondary N) is 1. The van der Waals surface area contributed by atoms with Gasteiger partial charge < -0.3 is 24.8 Å². The molecule has 61 heavy (non-hydrogen) atoms. The van der Waals surface area contributed by atoms with Gasteiger partial charge >= 0.3 is 0 Å². The van der Waals surface area contributed by atoms with Crippen molar-refractivity contribution in [2.75, 3.05) is 71.8 Å². The van der Waals surface area contributed by atoms with E-state index < -0.39 is 11.1 Å². The second-order valence-corrected chi connectivity index (χ2v) is 17.2. The largest absolute Gasteiger partial charge is 0.395 e. The lowest BCUT2D eigenvalue weighted by Crippen LogP contribution is -2.52. The molecule has 9 nitrogen and oxygen atoms in total. The summed E-state index contributed by atoms with van der Waals surface area (Å²) in [5.41, 5.74) is 4.52. The maximum Gasteiger partial charge on any atom is 0.183 e. The first-order valence-electron chi connectivity index (χ1n) is 22.1. The quantitative estimate of drug-likeness (QED) is 0.0896. The summed E-state index contributed by atoms with van der Waals surface area (Å²) in [5.74, 6) is 0.314. The third kappa shape index (κ3) is 13.3. The summed E-state index contributed by atoms with van der Waals surface area (Å²) in [5, 5.41) is 12.0. The maximum absolute atomic E-state index is 13.7. The third-order valence-electron chi connectivity index (χ3n) is 12.8. The molecule has 1 saturated heterocycles. The summed E-state index contributed by atoms with van der Waals surface area (Å²) >= 11 is 0. The highest BCUT2D eigenvalue weighted by Crippen LogP contribution is 2.34. The molecule has 0 amide bonds. The van der Waals surface area contributed by atoms with Crippen LogP contribution in [0.3, 0.4) is 0 Å². The van der Waals surface area contributed by atoms with Crippen LogP contribution in [0.1, 0.15) is 106 Å². The summed E-state index contributed by atoms with van der Waals surface area (Å²) in [6.45, 7) is 16.9. The van der Waals surface area contributed by atoms with Crippen molar-refractivity contribution in [2.45, 2.75) is 109 Å². The number of anilines is 2. The smallest absolute Gasteiger partial charge is 0.183 e. The highest BCUT2D eigenvalue weighted by atomic mass is 16.5. The standard InChI is InChI=1S/C25H34N2O2.C21H28N2O2.C6H14O/c1-6-24(3)27(17-18-29-24)22-15-13-21(14-16-22)23(28)25(7-2,26(4)5)19-20-11-9-8-10-12-20;1-4-21(23(2)3,16-17-8-6-5-7-9-17)20(25)18-10-12-19(13-11-18)22-14-15-24;1-5-6(2,3)7-4/h8-16H,6-7,17-19H2,1-5H3;5-13,22,24H,4,14-16H2,1-3H3;5H2,1-4H3. The van der Waals surface area contributed by atoms with Crippen molar-refractivity contribution in [1.82, 2.24) is 9.80 Å². The molecule has 1 aliphatic heterocycles. The Hall–Kier alpha value is -4.38. The molecule has 0 bridgehead atoms. The number of ketones is 2. The first-order chi connectivity index (χ1) is 29.0. The highest BCUT2D eigenvalue weighted by Gasteiger charge is 2.41. The van der Waals surface area contributed by atoms with Gasteiger partial charge in [0, 0.05) is 42.7 Å². The molecule has 0 aromatic heterocycles. The van der Waals surface area contributed by atoms with Gasteiger partial charge in [0.05, 0.1) is 29.9 Å². The summed E-state index contributed by atoms with van der Waals surface area (Å²) in [4.78, 5) is 33.5. The second-order valence-electron chi connectivity index (χ2n) is 17.2. The Balaban J connectivity index is 0.000000284. The van der Waals surface area contributed by atoms with Crippen LogP contribution < -0.4 is 10.2 Å². The monoisotopic (exact) mass is 837 g/mol. The van der Waals surface area contributed by atoms with E-state index in [0.29, 0.717) is 24.9 Å². The molecule has 1 fully saturated rings. The molecule has 2 N–H and O–H groups in total. The van der Waals surface area contributed by atoms with Crippen LogP contribution in [0.4, 0.5) is 11.4 Å². The molecule has 5 rings (SSSR count). The number of aliphatic hydroxyl groups is 1. The molecular weight excluding hydrogens is 761 g/mol. The van der Waals surface area contributed by atoms with Crippen molar-refractivity contribution in [2.24, 2.45) is 0 Å². The summed E-state index contributed by atoms with van der Waals surface area (Å²) in [6.07, 6.45) is 4.86. The van der Waals surface area contributed by atoms with Gasteiger partial charge in [-0.2, -0.15) is 0 Å². The lowest BCUT2D eigenvalue weighted by molar-refractivity contribution is 0.0189. The van der Waals surface area contributed by atoms with Gasteiger partial charge in [0.2, 0.25) is 0 Å². The number of benzene rings is 4. The van der Waals surface area contributed by atoms with Crippen LogP contribution in [0, 0.1) is 0 Å². The van der Waals surface area contributed by atoms with E-state index in [4.69, 9.17) is 14.6 Å². The van der Waals surface area contributed by atoms with Gasteiger partial charge in [-0.25, -0.2) is 0 Å². The average Bonchev–Trinajstić information content (AvgIpc) is 3.69. The lowest BCUT2D eigenvalue weighted by atomic mass is 9.80. The topological polar surface area (TPSA) is 94.6 Å². The molecule has 0 spiro atoms. The zero-order valence-electron chi connectivity index (χ0n) is 39.4. The van der Waals surface area contributed by atoms with Crippen molar-refractivity contribution in [3.63, 3.8) is 0 Å². The highest BCUT2D eigenvalue weighted by molar-refractivity contribution is 6.04.